The average molecular weight is 267 g/mol. The third-order valence-electron chi connectivity index (χ3n) is 3.75. The molecule has 18 heavy (non-hydrogen) atoms. The average Bonchev–Trinajstić information content (AvgIpc) is 2.77. The summed E-state index contributed by atoms with van der Waals surface area (Å²) in [6, 6.07) is 8.13. The molecule has 100 valence electrons. The third kappa shape index (κ3) is 3.12. The largest absolute Gasteiger partial charge is 0.317 e. The second-order valence-corrected chi connectivity index (χ2v) is 7.50. The Morgan fingerprint density at radius 3 is 2.72 bits per heavy atom. The molecule has 0 amide bonds. The molecule has 1 aliphatic rings. The number of nitrogens with one attached hydrogen (secondary N) is 1. The van der Waals surface area contributed by atoms with Crippen molar-refractivity contribution in [2.24, 2.45) is 0 Å². The summed E-state index contributed by atoms with van der Waals surface area (Å²) in [6.07, 6.45) is 2.51. The lowest BCUT2D eigenvalue weighted by Crippen LogP contribution is -2.25. The number of aryl methyl sites for hydroxylation is 1. The van der Waals surface area contributed by atoms with Gasteiger partial charge in [-0.25, -0.2) is 8.42 Å². The van der Waals surface area contributed by atoms with Crippen molar-refractivity contribution in [2.45, 2.75) is 43.2 Å². The first-order valence-corrected chi connectivity index (χ1v) is 8.17. The van der Waals surface area contributed by atoms with Crippen molar-refractivity contribution in [2.75, 3.05) is 7.05 Å². The van der Waals surface area contributed by atoms with Crippen LogP contribution >= 0.6 is 0 Å². The minimum absolute atomic E-state index is 0.171. The minimum atomic E-state index is -3.01. The van der Waals surface area contributed by atoms with E-state index in [4.69, 9.17) is 0 Å². The Bertz CT molecular complexity index is 510. The zero-order valence-electron chi connectivity index (χ0n) is 11.0. The number of rotatable bonds is 4. The van der Waals surface area contributed by atoms with Gasteiger partial charge in [-0.3, -0.25) is 0 Å². The van der Waals surface area contributed by atoms with Gasteiger partial charge >= 0.3 is 0 Å². The molecule has 1 fully saturated rings. The minimum Gasteiger partial charge on any atom is -0.317 e. The SMILES string of the molecule is CNC1CCC(S(=O)(=O)Cc2cccc(C)c2)C1. The maximum absolute atomic E-state index is 12.3. The second-order valence-electron chi connectivity index (χ2n) is 5.22. The van der Waals surface area contributed by atoms with Gasteiger partial charge in [0.05, 0.1) is 11.0 Å². The van der Waals surface area contributed by atoms with Gasteiger partial charge in [0.15, 0.2) is 9.84 Å². The summed E-state index contributed by atoms with van der Waals surface area (Å²) in [5.74, 6) is 0.176. The van der Waals surface area contributed by atoms with E-state index in [-0.39, 0.29) is 11.0 Å². The highest BCUT2D eigenvalue weighted by molar-refractivity contribution is 7.91. The van der Waals surface area contributed by atoms with Gasteiger partial charge in [0.2, 0.25) is 0 Å². The lowest BCUT2D eigenvalue weighted by Gasteiger charge is -2.12. The van der Waals surface area contributed by atoms with Gasteiger partial charge in [-0.15, -0.1) is 0 Å². The van der Waals surface area contributed by atoms with Crippen LogP contribution in [0.5, 0.6) is 0 Å². The molecule has 0 saturated heterocycles. The molecule has 0 aliphatic heterocycles. The fraction of sp³-hybridized carbons (Fsp3) is 0.571. The molecule has 0 radical (unpaired) electrons. The van der Waals surface area contributed by atoms with Crippen molar-refractivity contribution in [1.29, 1.82) is 0 Å². The predicted octanol–water partition coefficient (Wildman–Crippen LogP) is 2.05. The van der Waals surface area contributed by atoms with Gasteiger partial charge in [-0.2, -0.15) is 0 Å². The lowest BCUT2D eigenvalue weighted by molar-refractivity contribution is 0.564. The molecule has 2 unspecified atom stereocenters. The van der Waals surface area contributed by atoms with Gasteiger partial charge in [0, 0.05) is 6.04 Å². The molecule has 0 heterocycles. The first kappa shape index (κ1) is 13.6. The molecule has 0 aromatic heterocycles. The van der Waals surface area contributed by atoms with E-state index in [2.05, 4.69) is 5.32 Å². The van der Waals surface area contributed by atoms with Crippen LogP contribution in [-0.4, -0.2) is 26.8 Å². The summed E-state index contributed by atoms with van der Waals surface area (Å²) in [4.78, 5) is 0. The zero-order chi connectivity index (χ0) is 13.2. The van der Waals surface area contributed by atoms with Gasteiger partial charge in [-0.05, 0) is 38.8 Å². The van der Waals surface area contributed by atoms with E-state index in [0.717, 1.165) is 30.4 Å². The standard InChI is InChI=1S/C14H21NO2S/c1-11-4-3-5-12(8-11)10-18(16,17)14-7-6-13(9-14)15-2/h3-5,8,13-15H,6-7,9-10H2,1-2H3. The van der Waals surface area contributed by atoms with Gasteiger partial charge < -0.3 is 5.32 Å². The molecule has 3 nitrogen and oxygen atoms in total. The van der Waals surface area contributed by atoms with E-state index in [1.807, 2.05) is 38.2 Å². The number of hydrogen-bond acceptors (Lipinski definition) is 3. The molecule has 1 aromatic rings. The predicted molar refractivity (Wildman–Crippen MR) is 74.3 cm³/mol. The number of benzene rings is 1. The van der Waals surface area contributed by atoms with E-state index in [1.54, 1.807) is 0 Å². The van der Waals surface area contributed by atoms with Crippen LogP contribution in [0.15, 0.2) is 24.3 Å². The number of sulfone groups is 1. The van der Waals surface area contributed by atoms with Crippen LogP contribution in [0.25, 0.3) is 0 Å². The van der Waals surface area contributed by atoms with Crippen molar-refractivity contribution >= 4 is 9.84 Å². The van der Waals surface area contributed by atoms with E-state index < -0.39 is 9.84 Å². The zero-order valence-corrected chi connectivity index (χ0v) is 11.8. The number of hydrogen-bond donors (Lipinski definition) is 1. The Morgan fingerprint density at radius 2 is 2.11 bits per heavy atom. The summed E-state index contributed by atoms with van der Waals surface area (Å²) in [6.45, 7) is 1.99. The molecule has 1 aliphatic carbocycles. The fourth-order valence-corrected chi connectivity index (χ4v) is 4.58. The summed E-state index contributed by atoms with van der Waals surface area (Å²) in [5, 5.41) is 3.00. The Kier molecular flexibility index (Phi) is 4.07. The van der Waals surface area contributed by atoms with Crippen LogP contribution in [0.2, 0.25) is 0 Å². The van der Waals surface area contributed by atoms with Crippen LogP contribution in [0.4, 0.5) is 0 Å². The maximum Gasteiger partial charge on any atom is 0.157 e. The summed E-state index contributed by atoms with van der Waals surface area (Å²) in [7, 11) is -1.11. The molecular formula is C14H21NO2S. The lowest BCUT2D eigenvalue weighted by atomic mass is 10.2. The third-order valence-corrected chi connectivity index (χ3v) is 5.93. The van der Waals surface area contributed by atoms with Crippen LogP contribution < -0.4 is 5.32 Å². The first-order valence-electron chi connectivity index (χ1n) is 6.45. The normalized spacial score (nSPS) is 24.3. The highest BCUT2D eigenvalue weighted by Crippen LogP contribution is 2.27. The molecule has 0 spiro atoms. The van der Waals surface area contributed by atoms with Crippen LogP contribution in [-0.2, 0) is 15.6 Å². The highest BCUT2D eigenvalue weighted by atomic mass is 32.2. The van der Waals surface area contributed by atoms with Crippen molar-refractivity contribution in [3.05, 3.63) is 35.4 Å². The molecule has 4 heteroatoms. The summed E-state index contributed by atoms with van der Waals surface area (Å²) >= 11 is 0. The molecule has 1 N–H and O–H groups in total. The monoisotopic (exact) mass is 267 g/mol. The van der Waals surface area contributed by atoms with Crippen molar-refractivity contribution in [1.82, 2.24) is 5.32 Å². The van der Waals surface area contributed by atoms with Crippen LogP contribution in [0.1, 0.15) is 30.4 Å². The van der Waals surface area contributed by atoms with E-state index in [0.29, 0.717) is 6.04 Å². The van der Waals surface area contributed by atoms with Gasteiger partial charge in [-0.1, -0.05) is 29.8 Å². The quantitative estimate of drug-likeness (QED) is 0.908. The Morgan fingerprint density at radius 1 is 1.33 bits per heavy atom. The Balaban J connectivity index is 2.08. The molecule has 0 bridgehead atoms. The molecule has 2 rings (SSSR count). The Labute approximate surface area is 110 Å². The van der Waals surface area contributed by atoms with E-state index >= 15 is 0 Å². The molecular weight excluding hydrogens is 246 g/mol. The fourth-order valence-electron chi connectivity index (χ4n) is 2.68. The van der Waals surface area contributed by atoms with E-state index in [1.165, 1.54) is 0 Å². The molecule has 2 atom stereocenters. The molecule has 1 saturated carbocycles. The summed E-state index contributed by atoms with van der Waals surface area (Å²) in [5.41, 5.74) is 2.02. The summed E-state index contributed by atoms with van der Waals surface area (Å²) < 4.78 is 24.7. The molecule has 1 aromatic carbocycles. The highest BCUT2D eigenvalue weighted by Gasteiger charge is 2.33. The van der Waals surface area contributed by atoms with Crippen molar-refractivity contribution < 1.29 is 8.42 Å². The van der Waals surface area contributed by atoms with Gasteiger partial charge in [0.25, 0.3) is 0 Å². The smallest absolute Gasteiger partial charge is 0.157 e. The topological polar surface area (TPSA) is 46.2 Å². The van der Waals surface area contributed by atoms with Crippen molar-refractivity contribution in [3.63, 3.8) is 0 Å². The second kappa shape index (κ2) is 5.41. The van der Waals surface area contributed by atoms with Gasteiger partial charge in [0.1, 0.15) is 0 Å². The van der Waals surface area contributed by atoms with Crippen molar-refractivity contribution in [3.8, 4) is 0 Å². The van der Waals surface area contributed by atoms with E-state index in [9.17, 15) is 8.42 Å². The first-order chi connectivity index (χ1) is 8.51. The van der Waals surface area contributed by atoms with Crippen LogP contribution in [0, 0.1) is 6.92 Å². The van der Waals surface area contributed by atoms with Crippen LogP contribution in [0.3, 0.4) is 0 Å². The maximum atomic E-state index is 12.3. The Hall–Kier alpha value is -0.870.